The van der Waals surface area contributed by atoms with Crippen molar-refractivity contribution in [2.45, 2.75) is 0 Å². The number of halogens is 1. The average molecular weight is 319 g/mol. The second kappa shape index (κ2) is 6.28. The zero-order valence-corrected chi connectivity index (χ0v) is 12.5. The molecule has 1 aromatic heterocycles. The van der Waals surface area contributed by atoms with Crippen LogP contribution in [0.3, 0.4) is 0 Å². The predicted molar refractivity (Wildman–Crippen MR) is 72.5 cm³/mol. The first kappa shape index (κ1) is 14.3. The smallest absolute Gasteiger partial charge is 0.236 e. The van der Waals surface area contributed by atoms with Crippen LogP contribution in [0.4, 0.5) is 0 Å². The maximum absolute atomic E-state index is 11.9. The normalized spacial score (nSPS) is 10.6. The van der Waals surface area contributed by atoms with Crippen LogP contribution in [0.1, 0.15) is 9.67 Å². The van der Waals surface area contributed by atoms with Gasteiger partial charge in [-0.25, -0.2) is 0 Å². The molecule has 0 unspecified atom stereocenters. The van der Waals surface area contributed by atoms with Gasteiger partial charge >= 0.3 is 0 Å². The molecule has 0 aliphatic heterocycles. The summed E-state index contributed by atoms with van der Waals surface area (Å²) in [5.41, 5.74) is 0. The number of nitrogens with zero attached hydrogens (tertiary/aromatic N) is 2. The number of carbonyl (C=O) groups excluding carboxylic acids is 2. The van der Waals surface area contributed by atoms with Crippen LogP contribution in [0.5, 0.6) is 0 Å². The number of rotatable bonds is 5. The van der Waals surface area contributed by atoms with Crippen molar-refractivity contribution in [3.8, 4) is 0 Å². The molecule has 0 bridgehead atoms. The maximum Gasteiger partial charge on any atom is 0.236 e. The predicted octanol–water partition coefficient (Wildman–Crippen LogP) is 1.71. The van der Waals surface area contributed by atoms with Crippen LogP contribution in [0.15, 0.2) is 15.9 Å². The van der Waals surface area contributed by atoms with Crippen LogP contribution in [-0.4, -0.2) is 55.7 Å². The molecule has 1 aromatic rings. The highest BCUT2D eigenvalue weighted by Gasteiger charge is 2.16. The summed E-state index contributed by atoms with van der Waals surface area (Å²) < 4.78 is 0.819. The first-order valence-electron chi connectivity index (χ1n) is 5.06. The topological polar surface area (TPSA) is 40.6 Å². The van der Waals surface area contributed by atoms with Crippen LogP contribution >= 0.6 is 27.3 Å². The van der Waals surface area contributed by atoms with E-state index in [0.29, 0.717) is 4.88 Å². The molecule has 0 N–H and O–H groups in total. The molecular weight excluding hydrogens is 304 g/mol. The maximum atomic E-state index is 11.9. The fraction of sp³-hybridized carbons (Fsp3) is 0.455. The number of thiophene rings is 1. The van der Waals surface area contributed by atoms with Crippen LogP contribution < -0.4 is 0 Å². The first-order chi connectivity index (χ1) is 7.91. The van der Waals surface area contributed by atoms with Crippen LogP contribution in [0.2, 0.25) is 0 Å². The van der Waals surface area contributed by atoms with Crippen LogP contribution in [0.25, 0.3) is 0 Å². The van der Waals surface area contributed by atoms with E-state index in [1.54, 1.807) is 26.0 Å². The molecule has 0 aliphatic carbocycles. The Labute approximate surface area is 113 Å². The van der Waals surface area contributed by atoms with E-state index in [9.17, 15) is 9.59 Å². The van der Waals surface area contributed by atoms with Crippen molar-refractivity contribution in [2.24, 2.45) is 0 Å². The Morgan fingerprint density at radius 1 is 1.29 bits per heavy atom. The molecule has 0 spiro atoms. The molecule has 0 saturated heterocycles. The van der Waals surface area contributed by atoms with Gasteiger partial charge in [-0.2, -0.15) is 0 Å². The lowest BCUT2D eigenvalue weighted by molar-refractivity contribution is -0.129. The standard InChI is InChI=1S/C11H15BrN2O2S/c1-13(2)10(16)7-14(3)6-9(15)11-8(12)4-5-17-11/h4-5H,6-7H2,1-3H3. The molecule has 0 saturated carbocycles. The van der Waals surface area contributed by atoms with Gasteiger partial charge in [0, 0.05) is 18.6 Å². The Balaban J connectivity index is 2.52. The number of amides is 1. The van der Waals surface area contributed by atoms with Gasteiger partial charge in [0.15, 0.2) is 5.78 Å². The van der Waals surface area contributed by atoms with E-state index < -0.39 is 0 Å². The number of carbonyl (C=O) groups is 2. The summed E-state index contributed by atoms with van der Waals surface area (Å²) in [4.78, 5) is 27.3. The molecular formula is C11H15BrN2O2S. The highest BCUT2D eigenvalue weighted by molar-refractivity contribution is 9.10. The number of hydrogen-bond donors (Lipinski definition) is 0. The minimum absolute atomic E-state index is 0.00875. The molecule has 6 heteroatoms. The largest absolute Gasteiger partial charge is 0.348 e. The third-order valence-corrected chi connectivity index (χ3v) is 4.07. The summed E-state index contributed by atoms with van der Waals surface area (Å²) in [6.45, 7) is 0.500. The Morgan fingerprint density at radius 2 is 1.94 bits per heavy atom. The number of Topliss-reactive ketones (excluding diaryl/α,β-unsaturated/α-hetero) is 1. The van der Waals surface area contributed by atoms with Crippen LogP contribution in [0, 0.1) is 0 Å². The summed E-state index contributed by atoms with van der Waals surface area (Å²) >= 11 is 4.73. The highest BCUT2D eigenvalue weighted by atomic mass is 79.9. The van der Waals surface area contributed by atoms with E-state index in [0.717, 1.165) is 4.47 Å². The number of likely N-dealkylation sites (N-methyl/N-ethyl adjacent to an activating group) is 2. The van der Waals surface area contributed by atoms with Gasteiger partial charge in [-0.05, 0) is 34.4 Å². The molecule has 0 radical (unpaired) electrons. The van der Waals surface area contributed by atoms with Crippen molar-refractivity contribution >= 4 is 39.0 Å². The van der Waals surface area contributed by atoms with E-state index in [-0.39, 0.29) is 24.8 Å². The second-order valence-corrected chi connectivity index (χ2v) is 5.75. The lowest BCUT2D eigenvalue weighted by atomic mass is 10.3. The van der Waals surface area contributed by atoms with Crippen molar-refractivity contribution in [2.75, 3.05) is 34.2 Å². The zero-order valence-electron chi connectivity index (χ0n) is 10.1. The van der Waals surface area contributed by atoms with Gasteiger partial charge in [-0.1, -0.05) is 0 Å². The summed E-state index contributed by atoms with van der Waals surface area (Å²) in [6.07, 6.45) is 0. The molecule has 0 fully saturated rings. The third-order valence-electron chi connectivity index (χ3n) is 2.19. The molecule has 0 atom stereocenters. The van der Waals surface area contributed by atoms with Gasteiger partial charge in [0.25, 0.3) is 0 Å². The number of ketones is 1. The highest BCUT2D eigenvalue weighted by Crippen LogP contribution is 2.23. The summed E-state index contributed by atoms with van der Waals surface area (Å²) in [7, 11) is 5.17. The van der Waals surface area contributed by atoms with Crippen molar-refractivity contribution in [3.63, 3.8) is 0 Å². The van der Waals surface area contributed by atoms with Crippen molar-refractivity contribution in [3.05, 3.63) is 20.8 Å². The minimum Gasteiger partial charge on any atom is -0.348 e. The SMILES string of the molecule is CN(CC(=O)c1sccc1Br)CC(=O)N(C)C. The summed E-state index contributed by atoms with van der Waals surface area (Å²) in [6, 6.07) is 1.85. The monoisotopic (exact) mass is 318 g/mol. The van der Waals surface area contributed by atoms with Crippen molar-refractivity contribution in [1.82, 2.24) is 9.80 Å². The Morgan fingerprint density at radius 3 is 2.41 bits per heavy atom. The fourth-order valence-corrected chi connectivity index (χ4v) is 2.76. The molecule has 1 heterocycles. The second-order valence-electron chi connectivity index (χ2n) is 3.98. The van der Waals surface area contributed by atoms with E-state index in [1.807, 2.05) is 11.4 Å². The quantitative estimate of drug-likeness (QED) is 0.776. The Bertz CT molecular complexity index is 417. The summed E-state index contributed by atoms with van der Waals surface area (Å²) in [5, 5.41) is 1.86. The Hall–Kier alpha value is -0.720. The van der Waals surface area contributed by atoms with E-state index in [2.05, 4.69) is 15.9 Å². The molecule has 17 heavy (non-hydrogen) atoms. The van der Waals surface area contributed by atoms with Crippen LogP contribution in [-0.2, 0) is 4.79 Å². The average Bonchev–Trinajstić information content (AvgIpc) is 2.63. The van der Waals surface area contributed by atoms with Gasteiger partial charge < -0.3 is 4.90 Å². The molecule has 0 aromatic carbocycles. The Kier molecular flexibility index (Phi) is 5.30. The molecule has 4 nitrogen and oxygen atoms in total. The molecule has 1 amide bonds. The lowest BCUT2D eigenvalue weighted by Gasteiger charge is -2.17. The zero-order chi connectivity index (χ0) is 13.0. The van der Waals surface area contributed by atoms with E-state index >= 15 is 0 Å². The van der Waals surface area contributed by atoms with E-state index in [4.69, 9.17) is 0 Å². The third kappa shape index (κ3) is 4.22. The molecule has 94 valence electrons. The molecule has 0 aliphatic rings. The molecule has 1 rings (SSSR count). The van der Waals surface area contributed by atoms with Gasteiger partial charge in [0.2, 0.25) is 5.91 Å². The van der Waals surface area contributed by atoms with Gasteiger partial charge in [0.1, 0.15) is 0 Å². The fourth-order valence-electron chi connectivity index (χ4n) is 1.24. The van der Waals surface area contributed by atoms with Crippen molar-refractivity contribution < 1.29 is 9.59 Å². The van der Waals surface area contributed by atoms with Gasteiger partial charge in [-0.15, -0.1) is 11.3 Å². The van der Waals surface area contributed by atoms with Crippen molar-refractivity contribution in [1.29, 1.82) is 0 Å². The van der Waals surface area contributed by atoms with Gasteiger partial charge in [-0.3, -0.25) is 14.5 Å². The van der Waals surface area contributed by atoms with Gasteiger partial charge in [0.05, 0.1) is 18.0 Å². The first-order valence-corrected chi connectivity index (χ1v) is 6.74. The summed E-state index contributed by atoms with van der Waals surface area (Å²) in [5.74, 6) is 0.0199. The lowest BCUT2D eigenvalue weighted by Crippen LogP contribution is -2.36. The number of hydrogen-bond acceptors (Lipinski definition) is 4. The van der Waals surface area contributed by atoms with E-state index in [1.165, 1.54) is 16.2 Å². The minimum atomic E-state index is -0.00875.